The minimum Gasteiger partial charge on any atom is -0.480 e. The van der Waals surface area contributed by atoms with Crippen LogP contribution in [0.4, 0.5) is 4.79 Å². The zero-order chi connectivity index (χ0) is 12.8. The summed E-state index contributed by atoms with van der Waals surface area (Å²) >= 11 is 0. The number of methoxy groups -OCH3 is 1. The standard InChI is InChI=1S/C11H20N2O4/c1-12(6-4-8-17-2)11(16)13-7-3-5-9(13)10(14)15/h9H,3-8H2,1-2H3,(H,14,15)/t9-/m1/s1. The van der Waals surface area contributed by atoms with E-state index in [2.05, 4.69) is 0 Å². The fourth-order valence-electron chi connectivity index (χ4n) is 2.01. The van der Waals surface area contributed by atoms with Crippen LogP contribution in [0.15, 0.2) is 0 Å². The summed E-state index contributed by atoms with van der Waals surface area (Å²) in [4.78, 5) is 26.0. The first-order chi connectivity index (χ1) is 8.07. The summed E-state index contributed by atoms with van der Waals surface area (Å²) in [6.45, 7) is 1.71. The smallest absolute Gasteiger partial charge is 0.326 e. The highest BCUT2D eigenvalue weighted by Gasteiger charge is 2.35. The summed E-state index contributed by atoms with van der Waals surface area (Å²) in [5.74, 6) is -0.916. The van der Waals surface area contributed by atoms with Gasteiger partial charge < -0.3 is 19.6 Å². The largest absolute Gasteiger partial charge is 0.480 e. The van der Waals surface area contributed by atoms with E-state index in [1.54, 1.807) is 19.1 Å². The molecule has 0 bridgehead atoms. The number of carboxylic acid groups (broad SMARTS) is 1. The number of carbonyl (C=O) groups is 2. The minimum absolute atomic E-state index is 0.203. The van der Waals surface area contributed by atoms with Crippen LogP contribution in [0.3, 0.4) is 0 Å². The first-order valence-electron chi connectivity index (χ1n) is 5.81. The third-order valence-corrected chi connectivity index (χ3v) is 2.95. The molecular formula is C11H20N2O4. The molecule has 17 heavy (non-hydrogen) atoms. The van der Waals surface area contributed by atoms with E-state index in [1.807, 2.05) is 0 Å². The van der Waals surface area contributed by atoms with Gasteiger partial charge in [-0.15, -0.1) is 0 Å². The molecule has 1 heterocycles. The third kappa shape index (κ3) is 3.59. The van der Waals surface area contributed by atoms with Crippen molar-refractivity contribution in [3.63, 3.8) is 0 Å². The van der Waals surface area contributed by atoms with Crippen LogP contribution in [0.25, 0.3) is 0 Å². The topological polar surface area (TPSA) is 70.1 Å². The Balaban J connectivity index is 2.47. The molecule has 1 aliphatic heterocycles. The van der Waals surface area contributed by atoms with E-state index < -0.39 is 12.0 Å². The lowest BCUT2D eigenvalue weighted by atomic mass is 10.2. The fourth-order valence-corrected chi connectivity index (χ4v) is 2.01. The second kappa shape index (κ2) is 6.44. The zero-order valence-corrected chi connectivity index (χ0v) is 10.4. The number of amides is 2. The number of urea groups is 1. The average Bonchev–Trinajstić information content (AvgIpc) is 2.77. The number of ether oxygens (including phenoxy) is 1. The molecule has 1 saturated heterocycles. The predicted octanol–water partition coefficient (Wildman–Crippen LogP) is 0.624. The van der Waals surface area contributed by atoms with Crippen molar-refractivity contribution < 1.29 is 19.4 Å². The van der Waals surface area contributed by atoms with E-state index in [-0.39, 0.29) is 6.03 Å². The van der Waals surface area contributed by atoms with Crippen LogP contribution in [0, 0.1) is 0 Å². The van der Waals surface area contributed by atoms with Crippen molar-refractivity contribution in [2.45, 2.75) is 25.3 Å². The number of carbonyl (C=O) groups excluding carboxylic acids is 1. The lowest BCUT2D eigenvalue weighted by Gasteiger charge is -2.27. The molecule has 1 aliphatic rings. The Morgan fingerprint density at radius 1 is 1.53 bits per heavy atom. The molecule has 0 aromatic heterocycles. The summed E-state index contributed by atoms with van der Waals surface area (Å²) in [5.41, 5.74) is 0. The highest BCUT2D eigenvalue weighted by Crippen LogP contribution is 2.18. The van der Waals surface area contributed by atoms with E-state index in [4.69, 9.17) is 9.84 Å². The van der Waals surface area contributed by atoms with Gasteiger partial charge in [-0.1, -0.05) is 0 Å². The van der Waals surface area contributed by atoms with Crippen molar-refractivity contribution in [3.8, 4) is 0 Å². The van der Waals surface area contributed by atoms with Gasteiger partial charge in [-0.3, -0.25) is 0 Å². The summed E-state index contributed by atoms with van der Waals surface area (Å²) < 4.78 is 4.91. The average molecular weight is 244 g/mol. The molecule has 0 radical (unpaired) electrons. The Labute approximate surface area is 101 Å². The molecule has 1 fully saturated rings. The number of aliphatic carboxylic acids is 1. The van der Waals surface area contributed by atoms with Gasteiger partial charge in [0.25, 0.3) is 0 Å². The maximum Gasteiger partial charge on any atom is 0.326 e. The number of carboxylic acids is 1. The Morgan fingerprint density at radius 2 is 2.24 bits per heavy atom. The molecule has 2 amide bonds. The molecule has 0 aliphatic carbocycles. The van der Waals surface area contributed by atoms with Crippen LogP contribution in [-0.4, -0.2) is 66.8 Å². The number of nitrogens with zero attached hydrogens (tertiary/aromatic N) is 2. The van der Waals surface area contributed by atoms with Gasteiger partial charge in [-0.05, 0) is 19.3 Å². The second-order valence-corrected chi connectivity index (χ2v) is 4.24. The van der Waals surface area contributed by atoms with Crippen LogP contribution in [0.1, 0.15) is 19.3 Å². The lowest BCUT2D eigenvalue weighted by Crippen LogP contribution is -2.47. The first kappa shape index (κ1) is 13.8. The highest BCUT2D eigenvalue weighted by molar-refractivity contribution is 5.83. The van der Waals surface area contributed by atoms with Crippen LogP contribution < -0.4 is 0 Å². The van der Waals surface area contributed by atoms with E-state index in [1.165, 1.54) is 4.90 Å². The monoisotopic (exact) mass is 244 g/mol. The molecule has 0 saturated carbocycles. The fraction of sp³-hybridized carbons (Fsp3) is 0.818. The molecule has 6 nitrogen and oxygen atoms in total. The van der Waals surface area contributed by atoms with Crippen molar-refractivity contribution in [1.29, 1.82) is 0 Å². The Bertz CT molecular complexity index is 283. The summed E-state index contributed by atoms with van der Waals surface area (Å²) in [6, 6.07) is -0.863. The molecular weight excluding hydrogens is 224 g/mol. The van der Waals surface area contributed by atoms with Crippen LogP contribution >= 0.6 is 0 Å². The van der Waals surface area contributed by atoms with Gasteiger partial charge in [-0.25, -0.2) is 9.59 Å². The van der Waals surface area contributed by atoms with Gasteiger partial charge in [0.05, 0.1) is 0 Å². The lowest BCUT2D eigenvalue weighted by molar-refractivity contribution is -0.141. The Hall–Kier alpha value is -1.30. The first-order valence-corrected chi connectivity index (χ1v) is 5.81. The van der Waals surface area contributed by atoms with Gasteiger partial charge in [0.15, 0.2) is 0 Å². The normalized spacial score (nSPS) is 19.4. The summed E-state index contributed by atoms with van der Waals surface area (Å²) in [6.07, 6.45) is 2.06. The highest BCUT2D eigenvalue weighted by atomic mass is 16.5. The van der Waals surface area contributed by atoms with Crippen molar-refractivity contribution in [1.82, 2.24) is 9.80 Å². The van der Waals surface area contributed by atoms with E-state index in [0.717, 1.165) is 12.8 Å². The molecule has 0 unspecified atom stereocenters. The van der Waals surface area contributed by atoms with Crippen LogP contribution in [0.5, 0.6) is 0 Å². The summed E-state index contributed by atoms with van der Waals surface area (Å²) in [7, 11) is 3.30. The van der Waals surface area contributed by atoms with Crippen LogP contribution in [0.2, 0.25) is 0 Å². The van der Waals surface area contributed by atoms with Crippen molar-refractivity contribution in [2.24, 2.45) is 0 Å². The minimum atomic E-state index is -0.916. The van der Waals surface area contributed by atoms with Gasteiger partial charge in [0, 0.05) is 33.9 Å². The maximum absolute atomic E-state index is 12.0. The second-order valence-electron chi connectivity index (χ2n) is 4.24. The van der Waals surface area contributed by atoms with E-state index in [0.29, 0.717) is 26.1 Å². The van der Waals surface area contributed by atoms with E-state index in [9.17, 15) is 9.59 Å². The van der Waals surface area contributed by atoms with Crippen molar-refractivity contribution in [2.75, 3.05) is 33.9 Å². The molecule has 0 spiro atoms. The molecule has 98 valence electrons. The quantitative estimate of drug-likeness (QED) is 0.720. The van der Waals surface area contributed by atoms with Crippen molar-refractivity contribution in [3.05, 3.63) is 0 Å². The number of likely N-dealkylation sites (tertiary alicyclic amines) is 1. The van der Waals surface area contributed by atoms with Gasteiger partial charge in [0.2, 0.25) is 0 Å². The molecule has 1 atom stereocenters. The number of hydrogen-bond acceptors (Lipinski definition) is 3. The maximum atomic E-state index is 12.0. The van der Waals surface area contributed by atoms with Gasteiger partial charge >= 0.3 is 12.0 Å². The molecule has 0 aromatic carbocycles. The van der Waals surface area contributed by atoms with Crippen molar-refractivity contribution >= 4 is 12.0 Å². The molecule has 6 heteroatoms. The predicted molar refractivity (Wildman–Crippen MR) is 61.9 cm³/mol. The number of rotatable bonds is 5. The molecule has 1 rings (SSSR count). The Morgan fingerprint density at radius 3 is 2.82 bits per heavy atom. The van der Waals surface area contributed by atoms with E-state index >= 15 is 0 Å². The zero-order valence-electron chi connectivity index (χ0n) is 10.4. The number of hydrogen-bond donors (Lipinski definition) is 1. The molecule has 1 N–H and O–H groups in total. The Kier molecular flexibility index (Phi) is 5.21. The van der Waals surface area contributed by atoms with Gasteiger partial charge in [-0.2, -0.15) is 0 Å². The molecule has 0 aromatic rings. The summed E-state index contributed by atoms with van der Waals surface area (Å²) in [5, 5.41) is 9.00. The van der Waals surface area contributed by atoms with Gasteiger partial charge in [0.1, 0.15) is 6.04 Å². The SMILES string of the molecule is COCCCN(C)C(=O)N1CCC[C@@H]1C(=O)O. The van der Waals surface area contributed by atoms with Crippen LogP contribution in [-0.2, 0) is 9.53 Å². The third-order valence-electron chi connectivity index (χ3n) is 2.95.